The number of benzene rings is 3. The second-order valence-corrected chi connectivity index (χ2v) is 9.60. The highest BCUT2D eigenvalue weighted by Crippen LogP contribution is 2.56. The molecule has 3 aromatic rings. The van der Waals surface area contributed by atoms with Crippen molar-refractivity contribution in [3.8, 4) is 11.5 Å². The summed E-state index contributed by atoms with van der Waals surface area (Å²) < 4.78 is 21.5. The average molecular weight is 563 g/mol. The van der Waals surface area contributed by atoms with E-state index in [2.05, 4.69) is 25.3 Å². The fourth-order valence-electron chi connectivity index (χ4n) is 5.52. The van der Waals surface area contributed by atoms with Gasteiger partial charge in [-0.25, -0.2) is 9.59 Å². The molecule has 0 radical (unpaired) electrons. The second-order valence-electron chi connectivity index (χ2n) is 9.60. The molecule has 0 spiro atoms. The number of hydrogen-bond acceptors (Lipinski definition) is 7. The van der Waals surface area contributed by atoms with Gasteiger partial charge in [0.05, 0.1) is 5.41 Å². The maximum atomic E-state index is 13.7. The largest absolute Gasteiger partial charge is 0.490 e. The van der Waals surface area contributed by atoms with Gasteiger partial charge in [0.1, 0.15) is 37.9 Å². The van der Waals surface area contributed by atoms with Crippen LogP contribution in [0.15, 0.2) is 116 Å². The molecule has 7 heteroatoms. The molecule has 2 aliphatic carbocycles. The highest BCUT2D eigenvalue weighted by molar-refractivity contribution is 6.14. The molecule has 0 aliphatic heterocycles. The molecule has 42 heavy (non-hydrogen) atoms. The van der Waals surface area contributed by atoms with Crippen LogP contribution < -0.4 is 9.47 Å². The maximum Gasteiger partial charge on any atom is 0.330 e. The van der Waals surface area contributed by atoms with Crippen LogP contribution in [0.1, 0.15) is 28.7 Å². The summed E-state index contributed by atoms with van der Waals surface area (Å²) >= 11 is 0. The van der Waals surface area contributed by atoms with Gasteiger partial charge in [-0.15, -0.1) is 0 Å². The first-order chi connectivity index (χ1) is 20.5. The number of Topliss-reactive ketones (excluding diaryl/α,β-unsaturated/α-hetero) is 1. The summed E-state index contributed by atoms with van der Waals surface area (Å²) in [6.07, 6.45) is 6.50. The van der Waals surface area contributed by atoms with E-state index in [0.717, 1.165) is 45.6 Å². The summed E-state index contributed by atoms with van der Waals surface area (Å²) in [5.74, 6) is 0.286. The van der Waals surface area contributed by atoms with Crippen LogP contribution in [0.5, 0.6) is 11.5 Å². The van der Waals surface area contributed by atoms with Gasteiger partial charge in [-0.3, -0.25) is 4.79 Å². The Balaban J connectivity index is 1.50. The Hall–Kier alpha value is -5.17. The van der Waals surface area contributed by atoms with Crippen molar-refractivity contribution in [3.63, 3.8) is 0 Å². The average Bonchev–Trinajstić information content (AvgIpc) is 3.34. The van der Waals surface area contributed by atoms with Gasteiger partial charge in [0.2, 0.25) is 0 Å². The molecule has 0 saturated heterocycles. The van der Waals surface area contributed by atoms with Crippen LogP contribution in [0.25, 0.3) is 5.57 Å². The van der Waals surface area contributed by atoms with Gasteiger partial charge in [-0.05, 0) is 52.1 Å². The lowest BCUT2D eigenvalue weighted by Gasteiger charge is -2.35. The Kier molecular flexibility index (Phi) is 8.48. The van der Waals surface area contributed by atoms with Crippen LogP contribution in [0.4, 0.5) is 0 Å². The van der Waals surface area contributed by atoms with Crippen molar-refractivity contribution in [2.24, 2.45) is 0 Å². The first kappa shape index (κ1) is 28.4. The third-order valence-electron chi connectivity index (χ3n) is 7.23. The number of hydrogen-bond donors (Lipinski definition) is 0. The zero-order chi connectivity index (χ0) is 29.5. The third kappa shape index (κ3) is 5.41. The van der Waals surface area contributed by atoms with Gasteiger partial charge in [0.25, 0.3) is 0 Å². The maximum absolute atomic E-state index is 13.7. The molecule has 0 aromatic heterocycles. The number of allylic oxidation sites excluding steroid dienone is 4. The van der Waals surface area contributed by atoms with E-state index in [1.54, 1.807) is 0 Å². The topological polar surface area (TPSA) is 88.1 Å². The van der Waals surface area contributed by atoms with Crippen LogP contribution in [-0.2, 0) is 29.3 Å². The van der Waals surface area contributed by atoms with Gasteiger partial charge >= 0.3 is 11.9 Å². The molecule has 0 amide bonds. The lowest BCUT2D eigenvalue weighted by atomic mass is 9.65. The van der Waals surface area contributed by atoms with Crippen molar-refractivity contribution in [2.45, 2.75) is 11.8 Å². The molecule has 7 nitrogen and oxygen atoms in total. The highest BCUT2D eigenvalue weighted by Gasteiger charge is 2.50. The van der Waals surface area contributed by atoms with E-state index < -0.39 is 17.4 Å². The molecular weight excluding hydrogens is 532 g/mol. The lowest BCUT2D eigenvalue weighted by Crippen LogP contribution is -2.33. The summed E-state index contributed by atoms with van der Waals surface area (Å²) in [6, 6.07) is 23.4. The Bertz CT molecular complexity index is 1500. The Labute approximate surface area is 244 Å². The van der Waals surface area contributed by atoms with Gasteiger partial charge in [0, 0.05) is 24.1 Å². The summed E-state index contributed by atoms with van der Waals surface area (Å²) in [6.45, 7) is 7.36. The number of rotatable bonds is 12. The summed E-state index contributed by atoms with van der Waals surface area (Å²) in [4.78, 5) is 36.3. The molecule has 0 saturated carbocycles. The molecule has 0 N–H and O–H groups in total. The van der Waals surface area contributed by atoms with Crippen molar-refractivity contribution >= 4 is 23.3 Å². The molecule has 0 unspecified atom stereocenters. The van der Waals surface area contributed by atoms with Crippen LogP contribution in [0.2, 0.25) is 0 Å². The monoisotopic (exact) mass is 562 g/mol. The molecule has 0 heterocycles. The van der Waals surface area contributed by atoms with E-state index in [1.807, 2.05) is 72.8 Å². The SMILES string of the molecule is C=CC(=O)OCCOc1ccc(C2(c3ccc(OCCOC(=O)C=C)cc3)C3=C(C=CCC3=O)c3ccccc32)cc1. The van der Waals surface area contributed by atoms with E-state index in [0.29, 0.717) is 17.9 Å². The molecule has 0 fully saturated rings. The zero-order valence-corrected chi connectivity index (χ0v) is 23.0. The van der Waals surface area contributed by atoms with Gasteiger partial charge in [-0.2, -0.15) is 0 Å². The first-order valence-electron chi connectivity index (χ1n) is 13.6. The predicted octanol–water partition coefficient (Wildman–Crippen LogP) is 5.53. The molecule has 3 aromatic carbocycles. The van der Waals surface area contributed by atoms with Crippen LogP contribution in [0.3, 0.4) is 0 Å². The molecule has 212 valence electrons. The molecule has 2 aliphatic rings. The van der Waals surface area contributed by atoms with Gasteiger partial charge in [0.15, 0.2) is 5.78 Å². The molecule has 5 rings (SSSR count). The molecular formula is C35H30O7. The lowest BCUT2D eigenvalue weighted by molar-refractivity contribution is -0.139. The smallest absolute Gasteiger partial charge is 0.330 e. The van der Waals surface area contributed by atoms with E-state index in [9.17, 15) is 14.4 Å². The number of ether oxygens (including phenoxy) is 4. The highest BCUT2D eigenvalue weighted by atomic mass is 16.6. The predicted molar refractivity (Wildman–Crippen MR) is 158 cm³/mol. The number of fused-ring (bicyclic) bond motifs is 2. The summed E-state index contributed by atoms with van der Waals surface area (Å²) in [7, 11) is 0. The molecule has 0 bridgehead atoms. The van der Waals surface area contributed by atoms with Gasteiger partial charge in [-0.1, -0.05) is 73.8 Å². The van der Waals surface area contributed by atoms with Crippen molar-refractivity contribution in [1.82, 2.24) is 0 Å². The Morgan fingerprint density at radius 1 is 0.738 bits per heavy atom. The number of ketones is 1. The number of carbonyl (C=O) groups is 3. The van der Waals surface area contributed by atoms with Crippen LogP contribution in [-0.4, -0.2) is 44.1 Å². The number of carbonyl (C=O) groups excluding carboxylic acids is 3. The Morgan fingerprint density at radius 3 is 1.79 bits per heavy atom. The minimum absolute atomic E-state index is 0.0671. The zero-order valence-electron chi connectivity index (χ0n) is 23.0. The van der Waals surface area contributed by atoms with Crippen LogP contribution >= 0.6 is 0 Å². The van der Waals surface area contributed by atoms with E-state index >= 15 is 0 Å². The quantitative estimate of drug-likeness (QED) is 0.163. The fourth-order valence-corrected chi connectivity index (χ4v) is 5.52. The standard InChI is InChI=1S/C35H30O7/c1-3-32(37)41-22-20-39-26-16-12-24(13-17-26)35(25-14-18-27(19-15-25)40-21-23-42-33(38)4-2)30-10-6-5-8-28(30)29-9-7-11-31(36)34(29)35/h3-10,12-19H,1-2,11,20-23H2. The van der Waals surface area contributed by atoms with E-state index in [-0.39, 0.29) is 32.2 Å². The van der Waals surface area contributed by atoms with E-state index in [1.165, 1.54) is 0 Å². The fraction of sp³-hybridized carbons (Fsp3) is 0.171. The number of esters is 2. The van der Waals surface area contributed by atoms with E-state index in [4.69, 9.17) is 18.9 Å². The third-order valence-corrected chi connectivity index (χ3v) is 7.23. The van der Waals surface area contributed by atoms with Crippen molar-refractivity contribution in [1.29, 1.82) is 0 Å². The first-order valence-corrected chi connectivity index (χ1v) is 13.6. The minimum Gasteiger partial charge on any atom is -0.490 e. The molecule has 0 atom stereocenters. The van der Waals surface area contributed by atoms with Crippen molar-refractivity contribution < 1.29 is 33.3 Å². The van der Waals surface area contributed by atoms with Crippen molar-refractivity contribution in [3.05, 3.63) is 138 Å². The Morgan fingerprint density at radius 2 is 1.26 bits per heavy atom. The minimum atomic E-state index is -0.857. The summed E-state index contributed by atoms with van der Waals surface area (Å²) in [5, 5.41) is 0. The van der Waals surface area contributed by atoms with Crippen molar-refractivity contribution in [2.75, 3.05) is 26.4 Å². The normalized spacial score (nSPS) is 14.4. The van der Waals surface area contributed by atoms with Gasteiger partial charge < -0.3 is 18.9 Å². The van der Waals surface area contributed by atoms with Crippen LogP contribution in [0, 0.1) is 0 Å². The summed E-state index contributed by atoms with van der Waals surface area (Å²) in [5.41, 5.74) is 4.68. The second kappa shape index (κ2) is 12.6.